The summed E-state index contributed by atoms with van der Waals surface area (Å²) < 4.78 is 5.40. The SMILES string of the molecule is COc1cc2c3c(c1O)[C@@]1(C=CC(=O)CC1)C[C@@H]3N(C)CC2. The molecule has 4 heteroatoms. The molecule has 1 aliphatic heterocycles. The van der Waals surface area contributed by atoms with Crippen molar-refractivity contribution in [3.8, 4) is 11.5 Å². The Morgan fingerprint density at radius 2 is 2.23 bits per heavy atom. The molecule has 116 valence electrons. The summed E-state index contributed by atoms with van der Waals surface area (Å²) >= 11 is 0. The van der Waals surface area contributed by atoms with E-state index in [1.54, 1.807) is 13.2 Å². The van der Waals surface area contributed by atoms with Crippen LogP contribution in [0.5, 0.6) is 11.5 Å². The summed E-state index contributed by atoms with van der Waals surface area (Å²) in [6.45, 7) is 1.02. The smallest absolute Gasteiger partial charge is 0.162 e. The van der Waals surface area contributed by atoms with Crippen LogP contribution in [0.4, 0.5) is 0 Å². The average molecular weight is 299 g/mol. The predicted octanol–water partition coefficient (Wildman–Crippen LogP) is 2.49. The number of ketones is 1. The zero-order valence-corrected chi connectivity index (χ0v) is 13.1. The third-order valence-electron chi connectivity index (χ3n) is 5.67. The first kappa shape index (κ1) is 13.8. The van der Waals surface area contributed by atoms with Gasteiger partial charge in [-0.25, -0.2) is 0 Å². The summed E-state index contributed by atoms with van der Waals surface area (Å²) in [4.78, 5) is 14.0. The van der Waals surface area contributed by atoms with Crippen LogP contribution in [-0.2, 0) is 16.6 Å². The van der Waals surface area contributed by atoms with Crippen molar-refractivity contribution in [1.82, 2.24) is 4.90 Å². The molecular formula is C18H21NO3. The van der Waals surface area contributed by atoms with Crippen LogP contribution in [-0.4, -0.2) is 36.5 Å². The van der Waals surface area contributed by atoms with Crippen LogP contribution in [0.25, 0.3) is 0 Å². The molecule has 0 fully saturated rings. The molecule has 1 spiro atoms. The maximum atomic E-state index is 11.6. The average Bonchev–Trinajstić information content (AvgIpc) is 2.86. The molecule has 2 aliphatic carbocycles. The quantitative estimate of drug-likeness (QED) is 0.865. The van der Waals surface area contributed by atoms with E-state index in [2.05, 4.69) is 11.9 Å². The van der Waals surface area contributed by atoms with Gasteiger partial charge in [0.25, 0.3) is 0 Å². The Hall–Kier alpha value is -1.81. The predicted molar refractivity (Wildman–Crippen MR) is 83.4 cm³/mol. The van der Waals surface area contributed by atoms with E-state index in [0.29, 0.717) is 18.2 Å². The number of phenolic OH excluding ortho intramolecular Hbond substituents is 1. The Morgan fingerprint density at radius 3 is 2.91 bits per heavy atom. The minimum atomic E-state index is -0.222. The van der Waals surface area contributed by atoms with E-state index in [0.717, 1.165) is 31.4 Å². The number of carbonyl (C=O) groups is 1. The minimum absolute atomic E-state index is 0.182. The topological polar surface area (TPSA) is 49.8 Å². The number of rotatable bonds is 1. The van der Waals surface area contributed by atoms with Gasteiger partial charge in [0.05, 0.1) is 7.11 Å². The summed E-state index contributed by atoms with van der Waals surface area (Å²) in [5.41, 5.74) is 3.34. The lowest BCUT2D eigenvalue weighted by Crippen LogP contribution is -2.31. The van der Waals surface area contributed by atoms with Crippen molar-refractivity contribution in [2.75, 3.05) is 20.7 Å². The second-order valence-corrected chi connectivity index (χ2v) is 6.78. The fourth-order valence-corrected chi connectivity index (χ4v) is 4.48. The summed E-state index contributed by atoms with van der Waals surface area (Å²) in [5, 5.41) is 10.8. The minimum Gasteiger partial charge on any atom is -0.504 e. The van der Waals surface area contributed by atoms with Crippen molar-refractivity contribution < 1.29 is 14.6 Å². The molecule has 4 nitrogen and oxygen atoms in total. The fraction of sp³-hybridized carbons (Fsp3) is 0.500. The van der Waals surface area contributed by atoms with Crippen LogP contribution >= 0.6 is 0 Å². The first-order valence-electron chi connectivity index (χ1n) is 7.91. The van der Waals surface area contributed by atoms with Gasteiger partial charge in [0.15, 0.2) is 17.3 Å². The van der Waals surface area contributed by atoms with E-state index in [1.165, 1.54) is 11.1 Å². The molecule has 1 heterocycles. The lowest BCUT2D eigenvalue weighted by Gasteiger charge is -2.32. The van der Waals surface area contributed by atoms with Gasteiger partial charge in [0, 0.05) is 30.0 Å². The molecular weight excluding hydrogens is 278 g/mol. The Bertz CT molecular complexity index is 694. The van der Waals surface area contributed by atoms with E-state index in [9.17, 15) is 9.90 Å². The van der Waals surface area contributed by atoms with Crippen LogP contribution in [0, 0.1) is 0 Å². The summed E-state index contributed by atoms with van der Waals surface area (Å²) in [7, 11) is 3.75. The number of likely N-dealkylation sites (N-methyl/N-ethyl adjacent to an activating group) is 1. The number of ether oxygens (including phenoxy) is 1. The van der Waals surface area contributed by atoms with Crippen molar-refractivity contribution in [3.05, 3.63) is 34.9 Å². The molecule has 22 heavy (non-hydrogen) atoms. The Kier molecular flexibility index (Phi) is 2.89. The van der Waals surface area contributed by atoms with E-state index in [-0.39, 0.29) is 16.9 Å². The van der Waals surface area contributed by atoms with Crippen LogP contribution in [0.1, 0.15) is 42.0 Å². The zero-order valence-electron chi connectivity index (χ0n) is 13.1. The number of phenols is 1. The number of aromatic hydroxyl groups is 1. The van der Waals surface area contributed by atoms with Gasteiger partial charge < -0.3 is 9.84 Å². The molecule has 0 saturated carbocycles. The second-order valence-electron chi connectivity index (χ2n) is 6.78. The van der Waals surface area contributed by atoms with Gasteiger partial charge in [-0.1, -0.05) is 6.08 Å². The van der Waals surface area contributed by atoms with Gasteiger partial charge in [-0.15, -0.1) is 0 Å². The Morgan fingerprint density at radius 1 is 1.41 bits per heavy atom. The van der Waals surface area contributed by atoms with Crippen LogP contribution in [0.2, 0.25) is 0 Å². The van der Waals surface area contributed by atoms with Gasteiger partial charge in [-0.2, -0.15) is 0 Å². The highest BCUT2D eigenvalue weighted by Crippen LogP contribution is 2.58. The molecule has 0 bridgehead atoms. The first-order valence-corrected chi connectivity index (χ1v) is 7.91. The molecule has 0 aromatic heterocycles. The number of hydrogen-bond donors (Lipinski definition) is 1. The van der Waals surface area contributed by atoms with Crippen LogP contribution in [0.3, 0.4) is 0 Å². The fourth-order valence-electron chi connectivity index (χ4n) is 4.48. The molecule has 0 saturated heterocycles. The zero-order chi connectivity index (χ0) is 15.5. The lowest BCUT2D eigenvalue weighted by molar-refractivity contribution is -0.115. The largest absolute Gasteiger partial charge is 0.504 e. The Balaban J connectivity index is 1.98. The molecule has 1 N–H and O–H groups in total. The molecule has 4 rings (SSSR count). The van der Waals surface area contributed by atoms with E-state index in [4.69, 9.17) is 4.74 Å². The standard InChI is InChI=1S/C18H21NO3/c1-19-8-5-11-9-14(22-2)17(21)16-15(11)13(19)10-18(16)6-3-12(20)4-7-18/h3,6,9,13,21H,4-5,7-8,10H2,1-2H3/t13-,18+/m0/s1. The van der Waals surface area contributed by atoms with Gasteiger partial charge >= 0.3 is 0 Å². The van der Waals surface area contributed by atoms with Gasteiger partial charge in [-0.05, 0) is 49.6 Å². The van der Waals surface area contributed by atoms with Crippen molar-refractivity contribution >= 4 is 5.78 Å². The van der Waals surface area contributed by atoms with Gasteiger partial charge in [-0.3, -0.25) is 9.69 Å². The van der Waals surface area contributed by atoms with Crippen LogP contribution in [0.15, 0.2) is 18.2 Å². The molecule has 0 amide bonds. The number of benzene rings is 1. The number of nitrogens with zero attached hydrogens (tertiary/aromatic N) is 1. The maximum absolute atomic E-state index is 11.6. The van der Waals surface area contributed by atoms with Crippen molar-refractivity contribution in [2.24, 2.45) is 0 Å². The van der Waals surface area contributed by atoms with E-state index in [1.807, 2.05) is 12.1 Å². The monoisotopic (exact) mass is 299 g/mol. The second kappa shape index (κ2) is 4.59. The molecule has 0 unspecified atom stereocenters. The summed E-state index contributed by atoms with van der Waals surface area (Å²) in [6.07, 6.45) is 6.98. The van der Waals surface area contributed by atoms with Crippen molar-refractivity contribution in [3.63, 3.8) is 0 Å². The Labute approximate surface area is 130 Å². The van der Waals surface area contributed by atoms with Crippen molar-refractivity contribution in [1.29, 1.82) is 0 Å². The molecule has 1 aromatic carbocycles. The van der Waals surface area contributed by atoms with Crippen molar-refractivity contribution in [2.45, 2.75) is 37.1 Å². The molecule has 3 aliphatic rings. The molecule has 0 radical (unpaired) electrons. The third-order valence-corrected chi connectivity index (χ3v) is 5.67. The van der Waals surface area contributed by atoms with Gasteiger partial charge in [0.2, 0.25) is 0 Å². The number of allylic oxidation sites excluding steroid dienone is 2. The summed E-state index contributed by atoms with van der Waals surface area (Å²) in [6, 6.07) is 2.32. The summed E-state index contributed by atoms with van der Waals surface area (Å²) in [5.74, 6) is 1.00. The number of fused-ring (bicyclic) bond motifs is 1. The first-order chi connectivity index (χ1) is 10.6. The lowest BCUT2D eigenvalue weighted by atomic mass is 9.73. The third kappa shape index (κ3) is 1.70. The van der Waals surface area contributed by atoms with Gasteiger partial charge in [0.1, 0.15) is 0 Å². The van der Waals surface area contributed by atoms with Crippen LogP contribution < -0.4 is 4.74 Å². The highest BCUT2D eigenvalue weighted by atomic mass is 16.5. The highest BCUT2D eigenvalue weighted by molar-refractivity contribution is 5.91. The molecule has 2 atom stereocenters. The number of hydrogen-bond acceptors (Lipinski definition) is 4. The number of carbonyl (C=O) groups excluding carboxylic acids is 1. The number of methoxy groups -OCH3 is 1. The van der Waals surface area contributed by atoms with E-state index < -0.39 is 0 Å². The normalized spacial score (nSPS) is 29.9. The molecule has 1 aromatic rings. The van der Waals surface area contributed by atoms with E-state index >= 15 is 0 Å². The maximum Gasteiger partial charge on any atom is 0.162 e. The highest BCUT2D eigenvalue weighted by Gasteiger charge is 2.49.